The number of aliphatic hydroxyl groups is 1. The molecule has 0 saturated carbocycles. The van der Waals surface area contributed by atoms with Crippen molar-refractivity contribution in [1.29, 1.82) is 0 Å². The summed E-state index contributed by atoms with van der Waals surface area (Å²) in [7, 11) is -9.93. The van der Waals surface area contributed by atoms with E-state index in [1.54, 1.807) is 0 Å². The Labute approximate surface area is 645 Å². The molecule has 19 heteroatoms. The highest BCUT2D eigenvalue weighted by molar-refractivity contribution is 7.47. The normalized spacial score (nSPS) is 13.8. The van der Waals surface area contributed by atoms with E-state index < -0.39 is 97.5 Å². The molecule has 0 aromatic heterocycles. The first kappa shape index (κ1) is 103. The number of hydrogen-bond donors (Lipinski definition) is 3. The van der Waals surface area contributed by atoms with E-state index in [9.17, 15) is 43.2 Å². The summed E-state index contributed by atoms with van der Waals surface area (Å²) in [6, 6.07) is 0. The second kappa shape index (κ2) is 77.4. The van der Waals surface area contributed by atoms with Crippen LogP contribution in [0.2, 0.25) is 0 Å². The van der Waals surface area contributed by atoms with E-state index in [0.29, 0.717) is 31.6 Å². The molecule has 3 N–H and O–H groups in total. The summed E-state index contributed by atoms with van der Waals surface area (Å²) in [5, 5.41) is 10.7. The first-order valence-electron chi connectivity index (χ1n) is 44.5. The Hall–Kier alpha value is -1.94. The van der Waals surface area contributed by atoms with Gasteiger partial charge in [0.25, 0.3) is 0 Å². The van der Waals surface area contributed by atoms with Crippen molar-refractivity contribution >= 4 is 39.5 Å². The number of ether oxygens (including phenoxy) is 4. The van der Waals surface area contributed by atoms with E-state index in [0.717, 1.165) is 102 Å². The van der Waals surface area contributed by atoms with Crippen molar-refractivity contribution in [3.05, 3.63) is 0 Å². The number of aliphatic hydroxyl groups excluding tert-OH is 1. The van der Waals surface area contributed by atoms with Crippen LogP contribution in [0.3, 0.4) is 0 Å². The zero-order chi connectivity index (χ0) is 77.1. The highest BCUT2D eigenvalue weighted by Crippen LogP contribution is 2.45. The lowest BCUT2D eigenvalue weighted by molar-refractivity contribution is -0.161. The molecule has 0 heterocycles. The van der Waals surface area contributed by atoms with E-state index in [2.05, 4.69) is 41.5 Å². The van der Waals surface area contributed by atoms with Gasteiger partial charge in [0, 0.05) is 25.7 Å². The van der Waals surface area contributed by atoms with Crippen LogP contribution in [0.1, 0.15) is 459 Å². The Balaban J connectivity index is 5.23. The summed E-state index contributed by atoms with van der Waals surface area (Å²) in [5.74, 6) is -0.585. The molecular weight excluding hydrogens is 1370 g/mol. The fourth-order valence-corrected chi connectivity index (χ4v) is 15.0. The summed E-state index contributed by atoms with van der Waals surface area (Å²) in [4.78, 5) is 73.2. The van der Waals surface area contributed by atoms with E-state index >= 15 is 0 Å². The van der Waals surface area contributed by atoms with Crippen molar-refractivity contribution in [2.45, 2.75) is 477 Å². The van der Waals surface area contributed by atoms with Crippen LogP contribution in [0, 0.1) is 11.8 Å². The minimum absolute atomic E-state index is 0.108. The fraction of sp³-hybridized carbons (Fsp3) is 0.953. The highest BCUT2D eigenvalue weighted by atomic mass is 31.2. The number of phosphoric acid groups is 2. The minimum Gasteiger partial charge on any atom is -0.462 e. The fourth-order valence-electron chi connectivity index (χ4n) is 13.4. The van der Waals surface area contributed by atoms with Crippen LogP contribution in [0.4, 0.5) is 0 Å². The summed E-state index contributed by atoms with van der Waals surface area (Å²) >= 11 is 0. The predicted molar refractivity (Wildman–Crippen MR) is 432 cm³/mol. The molecule has 0 amide bonds. The molecule has 17 nitrogen and oxygen atoms in total. The Morgan fingerprint density at radius 3 is 0.648 bits per heavy atom. The lowest BCUT2D eigenvalue weighted by Crippen LogP contribution is -2.30. The average molecular weight is 1540 g/mol. The number of phosphoric ester groups is 2. The summed E-state index contributed by atoms with van der Waals surface area (Å²) in [6.07, 6.45) is 69.6. The third-order valence-corrected chi connectivity index (χ3v) is 22.1. The SMILES string of the molecule is CCCCCCCCCCCCCCCCCCCCCCC(=O)O[C@H](COC(=O)CCCCCCCCCCCCCCCCCCC(C)C)COP(=O)(O)OC[C@@H](O)COP(=O)(O)OC[C@@H](COC(=O)CCCCCCCCCC(C)C)OC(=O)CCCCCCCCCCCCCCCCCC. The Bertz CT molecular complexity index is 2010. The average Bonchev–Trinajstić information content (AvgIpc) is 0.917. The number of esters is 4. The first-order valence-corrected chi connectivity index (χ1v) is 47.5. The van der Waals surface area contributed by atoms with Gasteiger partial charge in [0.2, 0.25) is 0 Å². The Morgan fingerprint density at radius 2 is 0.438 bits per heavy atom. The van der Waals surface area contributed by atoms with Crippen LogP contribution in [-0.4, -0.2) is 96.7 Å². The summed E-state index contributed by atoms with van der Waals surface area (Å²) < 4.78 is 68.9. The molecule has 0 spiro atoms. The van der Waals surface area contributed by atoms with Gasteiger partial charge in [-0.15, -0.1) is 0 Å². The number of rotatable bonds is 85. The lowest BCUT2D eigenvalue weighted by atomic mass is 10.0. The Kier molecular flexibility index (Phi) is 76.0. The highest BCUT2D eigenvalue weighted by Gasteiger charge is 2.30. The maximum atomic E-state index is 13.1. The van der Waals surface area contributed by atoms with Crippen molar-refractivity contribution in [3.8, 4) is 0 Å². The van der Waals surface area contributed by atoms with Crippen LogP contribution in [-0.2, 0) is 65.4 Å². The molecular formula is C86H168O17P2. The molecule has 0 aliphatic carbocycles. The molecule has 2 unspecified atom stereocenters. The Morgan fingerprint density at radius 1 is 0.257 bits per heavy atom. The summed E-state index contributed by atoms with van der Waals surface area (Å²) in [6.45, 7) is 9.65. The van der Waals surface area contributed by atoms with Crippen molar-refractivity contribution in [3.63, 3.8) is 0 Å². The standard InChI is InChI=1S/C86H168O17P2/c1-7-9-11-13-15-17-19-21-23-25-26-27-28-34-38-42-46-52-59-65-70-85(90)102-81(74-96-83(88)68-62-56-50-44-40-36-33-30-29-31-35-39-43-48-54-60-66-78(3)4)76-100-104(92,93)98-72-80(87)73-99-105(94,95)101-77-82(75-97-84(89)69-63-57-53-47-49-55-61-67-79(5)6)103-86(91)71-64-58-51-45-41-37-32-24-22-20-18-16-14-12-10-8-2/h78-82,87H,7-77H2,1-6H3,(H,92,93)(H,94,95)/t80-,81-,82-/m1/s1. The third-order valence-electron chi connectivity index (χ3n) is 20.2. The zero-order valence-electron chi connectivity index (χ0n) is 69.0. The quantitative estimate of drug-likeness (QED) is 0.0222. The molecule has 0 aliphatic heterocycles. The van der Waals surface area contributed by atoms with Crippen LogP contribution >= 0.6 is 15.6 Å². The van der Waals surface area contributed by atoms with Gasteiger partial charge in [-0.05, 0) is 37.5 Å². The molecule has 0 bridgehead atoms. The van der Waals surface area contributed by atoms with Crippen molar-refractivity contribution in [2.24, 2.45) is 11.8 Å². The molecule has 624 valence electrons. The summed E-state index contributed by atoms with van der Waals surface area (Å²) in [5.41, 5.74) is 0. The second-order valence-electron chi connectivity index (χ2n) is 31.9. The van der Waals surface area contributed by atoms with Crippen molar-refractivity contribution < 1.29 is 80.2 Å². The van der Waals surface area contributed by atoms with Gasteiger partial charge in [-0.2, -0.15) is 0 Å². The predicted octanol–water partition coefficient (Wildman–Crippen LogP) is 26.2. The molecule has 5 atom stereocenters. The van der Waals surface area contributed by atoms with Crippen LogP contribution < -0.4 is 0 Å². The van der Waals surface area contributed by atoms with Crippen LogP contribution in [0.25, 0.3) is 0 Å². The number of unbranched alkanes of at least 4 members (excludes halogenated alkanes) is 55. The van der Waals surface area contributed by atoms with Crippen LogP contribution in [0.5, 0.6) is 0 Å². The van der Waals surface area contributed by atoms with E-state index in [1.807, 2.05) is 0 Å². The van der Waals surface area contributed by atoms with Gasteiger partial charge in [-0.3, -0.25) is 37.3 Å². The van der Waals surface area contributed by atoms with Gasteiger partial charge in [0.05, 0.1) is 26.4 Å². The van der Waals surface area contributed by atoms with E-state index in [4.69, 9.17) is 37.0 Å². The maximum Gasteiger partial charge on any atom is 0.472 e. The van der Waals surface area contributed by atoms with Gasteiger partial charge in [0.15, 0.2) is 12.2 Å². The molecule has 0 radical (unpaired) electrons. The molecule has 0 fully saturated rings. The number of hydrogen-bond acceptors (Lipinski definition) is 15. The smallest absolute Gasteiger partial charge is 0.462 e. The first-order chi connectivity index (χ1) is 50.9. The van der Waals surface area contributed by atoms with Gasteiger partial charge in [-0.1, -0.05) is 408 Å². The third kappa shape index (κ3) is 79.9. The van der Waals surface area contributed by atoms with Gasteiger partial charge in [0.1, 0.15) is 19.3 Å². The minimum atomic E-state index is -4.97. The van der Waals surface area contributed by atoms with Crippen LogP contribution in [0.15, 0.2) is 0 Å². The largest absolute Gasteiger partial charge is 0.472 e. The molecule has 0 aliphatic rings. The second-order valence-corrected chi connectivity index (χ2v) is 34.8. The molecule has 105 heavy (non-hydrogen) atoms. The topological polar surface area (TPSA) is 237 Å². The monoisotopic (exact) mass is 1540 g/mol. The molecule has 0 aromatic carbocycles. The number of carbonyl (C=O) groups excluding carboxylic acids is 4. The van der Waals surface area contributed by atoms with Gasteiger partial charge < -0.3 is 33.8 Å². The zero-order valence-corrected chi connectivity index (χ0v) is 70.8. The van der Waals surface area contributed by atoms with E-state index in [1.165, 1.54) is 270 Å². The van der Waals surface area contributed by atoms with Gasteiger partial charge in [-0.25, -0.2) is 9.13 Å². The lowest BCUT2D eigenvalue weighted by Gasteiger charge is -2.21. The van der Waals surface area contributed by atoms with E-state index in [-0.39, 0.29) is 25.7 Å². The molecule has 0 rings (SSSR count). The maximum absolute atomic E-state index is 13.1. The molecule has 0 saturated heterocycles. The van der Waals surface area contributed by atoms with Crippen molar-refractivity contribution in [1.82, 2.24) is 0 Å². The van der Waals surface area contributed by atoms with Crippen molar-refractivity contribution in [2.75, 3.05) is 39.6 Å². The molecule has 0 aromatic rings. The number of carbonyl (C=O) groups is 4. The van der Waals surface area contributed by atoms with Gasteiger partial charge >= 0.3 is 39.5 Å².